The number of anilines is 1. The van der Waals surface area contributed by atoms with Crippen molar-refractivity contribution < 1.29 is 0 Å². The van der Waals surface area contributed by atoms with Crippen molar-refractivity contribution in [2.24, 2.45) is 0 Å². The zero-order chi connectivity index (χ0) is 9.80. The van der Waals surface area contributed by atoms with Crippen LogP contribution in [-0.2, 0) is 0 Å². The Morgan fingerprint density at radius 2 is 2.43 bits per heavy atom. The summed E-state index contributed by atoms with van der Waals surface area (Å²) >= 11 is 0. The zero-order valence-electron chi connectivity index (χ0n) is 8.59. The Labute approximate surface area is 84.9 Å². The molecule has 3 heteroatoms. The molecule has 1 aromatic rings. The Kier molecular flexibility index (Phi) is 2.99. The summed E-state index contributed by atoms with van der Waals surface area (Å²) in [5, 5.41) is 6.49. The third-order valence-electron chi connectivity index (χ3n) is 2.74. The van der Waals surface area contributed by atoms with Crippen LogP contribution in [0.3, 0.4) is 0 Å². The Morgan fingerprint density at radius 1 is 1.50 bits per heavy atom. The SMILES string of the molecule is CNc1cccc([C@@H]2CCCNC2)n1. The molecule has 1 aliphatic heterocycles. The largest absolute Gasteiger partial charge is 0.373 e. The molecule has 0 radical (unpaired) electrons. The van der Waals surface area contributed by atoms with Gasteiger partial charge >= 0.3 is 0 Å². The van der Waals surface area contributed by atoms with Crippen molar-refractivity contribution in [3.8, 4) is 0 Å². The van der Waals surface area contributed by atoms with Gasteiger partial charge in [0, 0.05) is 25.2 Å². The normalized spacial score (nSPS) is 21.9. The van der Waals surface area contributed by atoms with Gasteiger partial charge in [-0.25, -0.2) is 4.98 Å². The minimum atomic E-state index is 0.594. The smallest absolute Gasteiger partial charge is 0.125 e. The average Bonchev–Trinajstić information content (AvgIpc) is 2.30. The van der Waals surface area contributed by atoms with Crippen molar-refractivity contribution in [1.29, 1.82) is 0 Å². The second-order valence-corrected chi connectivity index (χ2v) is 3.74. The van der Waals surface area contributed by atoms with Gasteiger partial charge in [-0.3, -0.25) is 0 Å². The predicted molar refractivity (Wildman–Crippen MR) is 58.6 cm³/mol. The Balaban J connectivity index is 2.13. The molecule has 0 bridgehead atoms. The summed E-state index contributed by atoms with van der Waals surface area (Å²) in [6.07, 6.45) is 2.52. The molecule has 1 saturated heterocycles. The van der Waals surface area contributed by atoms with Gasteiger partial charge in [-0.1, -0.05) is 6.07 Å². The molecule has 2 N–H and O–H groups in total. The molecule has 76 valence electrons. The topological polar surface area (TPSA) is 37.0 Å². The van der Waals surface area contributed by atoms with Gasteiger partial charge in [-0.05, 0) is 31.5 Å². The predicted octanol–water partition coefficient (Wildman–Crippen LogP) is 1.59. The fourth-order valence-electron chi connectivity index (χ4n) is 1.92. The third kappa shape index (κ3) is 2.04. The van der Waals surface area contributed by atoms with Crippen LogP contribution < -0.4 is 10.6 Å². The minimum Gasteiger partial charge on any atom is -0.373 e. The first-order valence-electron chi connectivity index (χ1n) is 5.25. The maximum absolute atomic E-state index is 4.56. The van der Waals surface area contributed by atoms with E-state index in [-0.39, 0.29) is 0 Å². The molecule has 1 atom stereocenters. The number of hydrogen-bond donors (Lipinski definition) is 2. The summed E-state index contributed by atoms with van der Waals surface area (Å²) in [6, 6.07) is 6.20. The first-order chi connectivity index (χ1) is 6.90. The highest BCUT2D eigenvalue weighted by Crippen LogP contribution is 2.22. The van der Waals surface area contributed by atoms with Crippen LogP contribution in [0.25, 0.3) is 0 Å². The molecular weight excluding hydrogens is 174 g/mol. The molecule has 1 aliphatic rings. The molecule has 0 aromatic carbocycles. The second-order valence-electron chi connectivity index (χ2n) is 3.74. The van der Waals surface area contributed by atoms with E-state index in [0.29, 0.717) is 5.92 Å². The summed E-state index contributed by atoms with van der Waals surface area (Å²) in [5.74, 6) is 1.56. The average molecular weight is 191 g/mol. The highest BCUT2D eigenvalue weighted by molar-refractivity contribution is 5.35. The maximum atomic E-state index is 4.56. The molecule has 1 fully saturated rings. The van der Waals surface area contributed by atoms with Gasteiger partial charge in [0.15, 0.2) is 0 Å². The van der Waals surface area contributed by atoms with E-state index in [2.05, 4.69) is 27.8 Å². The number of aromatic nitrogens is 1. The lowest BCUT2D eigenvalue weighted by molar-refractivity contribution is 0.455. The van der Waals surface area contributed by atoms with Crippen molar-refractivity contribution in [2.75, 3.05) is 25.5 Å². The standard InChI is InChI=1S/C11H17N3/c1-12-11-6-2-5-10(14-11)9-4-3-7-13-8-9/h2,5-6,9,13H,3-4,7-8H2,1H3,(H,12,14)/t9-/m1/s1. The molecule has 3 nitrogen and oxygen atoms in total. The lowest BCUT2D eigenvalue weighted by Crippen LogP contribution is -2.28. The highest BCUT2D eigenvalue weighted by Gasteiger charge is 2.16. The van der Waals surface area contributed by atoms with Crippen LogP contribution in [0.2, 0.25) is 0 Å². The zero-order valence-corrected chi connectivity index (χ0v) is 8.59. The van der Waals surface area contributed by atoms with Gasteiger partial charge < -0.3 is 10.6 Å². The fourth-order valence-corrected chi connectivity index (χ4v) is 1.92. The van der Waals surface area contributed by atoms with Gasteiger partial charge in [-0.2, -0.15) is 0 Å². The third-order valence-corrected chi connectivity index (χ3v) is 2.74. The van der Waals surface area contributed by atoms with E-state index < -0.39 is 0 Å². The lowest BCUT2D eigenvalue weighted by Gasteiger charge is -2.22. The van der Waals surface area contributed by atoms with Crippen LogP contribution in [-0.4, -0.2) is 25.1 Å². The molecule has 1 aromatic heterocycles. The van der Waals surface area contributed by atoms with E-state index in [1.165, 1.54) is 18.5 Å². The van der Waals surface area contributed by atoms with Crippen LogP contribution >= 0.6 is 0 Å². The summed E-state index contributed by atoms with van der Waals surface area (Å²) in [5.41, 5.74) is 1.21. The number of nitrogens with zero attached hydrogens (tertiary/aromatic N) is 1. The van der Waals surface area contributed by atoms with Crippen LogP contribution in [0.15, 0.2) is 18.2 Å². The first-order valence-corrected chi connectivity index (χ1v) is 5.25. The van der Waals surface area contributed by atoms with Gasteiger partial charge in [0.05, 0.1) is 0 Å². The summed E-state index contributed by atoms with van der Waals surface area (Å²) < 4.78 is 0. The van der Waals surface area contributed by atoms with Crippen LogP contribution in [0.5, 0.6) is 0 Å². The van der Waals surface area contributed by atoms with Crippen molar-refractivity contribution in [1.82, 2.24) is 10.3 Å². The number of pyridine rings is 1. The van der Waals surface area contributed by atoms with Crippen LogP contribution in [0.1, 0.15) is 24.5 Å². The Morgan fingerprint density at radius 3 is 3.14 bits per heavy atom. The summed E-state index contributed by atoms with van der Waals surface area (Å²) in [6.45, 7) is 2.22. The highest BCUT2D eigenvalue weighted by atomic mass is 15.0. The summed E-state index contributed by atoms with van der Waals surface area (Å²) in [7, 11) is 1.91. The van der Waals surface area contributed by atoms with Crippen LogP contribution in [0, 0.1) is 0 Å². The van der Waals surface area contributed by atoms with Crippen molar-refractivity contribution in [3.63, 3.8) is 0 Å². The van der Waals surface area contributed by atoms with Gasteiger partial charge in [-0.15, -0.1) is 0 Å². The van der Waals surface area contributed by atoms with Crippen molar-refractivity contribution in [2.45, 2.75) is 18.8 Å². The van der Waals surface area contributed by atoms with E-state index >= 15 is 0 Å². The van der Waals surface area contributed by atoms with E-state index in [0.717, 1.165) is 18.9 Å². The Bertz CT molecular complexity index is 292. The molecule has 0 saturated carbocycles. The maximum Gasteiger partial charge on any atom is 0.125 e. The molecule has 0 amide bonds. The summed E-state index contributed by atoms with van der Waals surface area (Å²) in [4.78, 5) is 4.56. The molecule has 14 heavy (non-hydrogen) atoms. The molecule has 0 spiro atoms. The van der Waals surface area contributed by atoms with Gasteiger partial charge in [0.2, 0.25) is 0 Å². The quantitative estimate of drug-likeness (QED) is 0.745. The molecule has 0 unspecified atom stereocenters. The number of hydrogen-bond acceptors (Lipinski definition) is 3. The van der Waals surface area contributed by atoms with Crippen molar-refractivity contribution >= 4 is 5.82 Å². The fraction of sp³-hybridized carbons (Fsp3) is 0.545. The van der Waals surface area contributed by atoms with E-state index in [1.54, 1.807) is 0 Å². The number of nitrogens with one attached hydrogen (secondary N) is 2. The van der Waals surface area contributed by atoms with E-state index in [1.807, 2.05) is 13.1 Å². The first kappa shape index (κ1) is 9.46. The molecule has 2 rings (SSSR count). The molecule has 2 heterocycles. The van der Waals surface area contributed by atoms with E-state index in [9.17, 15) is 0 Å². The van der Waals surface area contributed by atoms with E-state index in [4.69, 9.17) is 0 Å². The van der Waals surface area contributed by atoms with Crippen LogP contribution in [0.4, 0.5) is 5.82 Å². The number of rotatable bonds is 2. The molecule has 0 aliphatic carbocycles. The van der Waals surface area contributed by atoms with Gasteiger partial charge in [0.25, 0.3) is 0 Å². The Hall–Kier alpha value is -1.09. The van der Waals surface area contributed by atoms with Gasteiger partial charge in [0.1, 0.15) is 5.82 Å². The monoisotopic (exact) mass is 191 g/mol. The second kappa shape index (κ2) is 4.42. The molecular formula is C11H17N3. The lowest BCUT2D eigenvalue weighted by atomic mass is 9.96. The van der Waals surface area contributed by atoms with Crippen molar-refractivity contribution in [3.05, 3.63) is 23.9 Å². The minimum absolute atomic E-state index is 0.594. The number of piperidine rings is 1.